The quantitative estimate of drug-likeness (QED) is 0.615. The molecule has 16 heavy (non-hydrogen) atoms. The van der Waals surface area contributed by atoms with E-state index < -0.39 is 18.3 Å². The molecule has 0 unspecified atom stereocenters. The smallest absolute Gasteiger partial charge is 0.133 e. The minimum atomic E-state index is -0.788. The predicted octanol–water partition coefficient (Wildman–Crippen LogP) is 2.42. The molecule has 0 saturated carbocycles. The second-order valence-electron chi connectivity index (χ2n) is 2.90. The molecule has 0 atom stereocenters. The van der Waals surface area contributed by atoms with Crippen molar-refractivity contribution in [3.8, 4) is 5.69 Å². The number of rotatable bonds is 2. The molecular formula is C10H6F3N2Rh-. The third-order valence-electron chi connectivity index (χ3n) is 1.85. The Morgan fingerprint density at radius 2 is 2.12 bits per heavy atom. The van der Waals surface area contributed by atoms with Gasteiger partial charge in [-0.25, -0.2) is 4.39 Å². The van der Waals surface area contributed by atoms with Gasteiger partial charge in [0.1, 0.15) is 6.67 Å². The monoisotopic (exact) mass is 314 g/mol. The molecule has 1 aromatic heterocycles. The molecule has 87 valence electrons. The van der Waals surface area contributed by atoms with Gasteiger partial charge in [0.2, 0.25) is 0 Å². The summed E-state index contributed by atoms with van der Waals surface area (Å²) in [5.41, 5.74) is 0.156. The van der Waals surface area contributed by atoms with Gasteiger partial charge < -0.3 is 0 Å². The Hall–Kier alpha value is -1.16. The molecular weight excluding hydrogens is 308 g/mol. The average molecular weight is 314 g/mol. The van der Waals surface area contributed by atoms with Crippen LogP contribution in [-0.4, -0.2) is 9.78 Å². The van der Waals surface area contributed by atoms with Gasteiger partial charge in [0, 0.05) is 37.3 Å². The van der Waals surface area contributed by atoms with Crippen LogP contribution in [0.5, 0.6) is 0 Å². The molecule has 0 aliphatic carbocycles. The first kappa shape index (κ1) is 12.9. The van der Waals surface area contributed by atoms with Gasteiger partial charge in [-0.3, -0.25) is 13.5 Å². The molecule has 1 heterocycles. The summed E-state index contributed by atoms with van der Waals surface area (Å²) >= 11 is 0. The fourth-order valence-electron chi connectivity index (χ4n) is 1.17. The first-order chi connectivity index (χ1) is 7.20. The molecule has 1 radical (unpaired) electrons. The Labute approximate surface area is 103 Å². The van der Waals surface area contributed by atoms with Gasteiger partial charge in [0.05, 0.1) is 5.69 Å². The normalized spacial score (nSPS) is 9.94. The number of hydrogen-bond acceptors (Lipinski definition) is 1. The van der Waals surface area contributed by atoms with E-state index in [1.165, 1.54) is 12.3 Å². The number of aromatic nitrogens is 2. The predicted molar refractivity (Wildman–Crippen MR) is 47.1 cm³/mol. The molecule has 0 fully saturated rings. The Bertz CT molecular complexity index is 485. The van der Waals surface area contributed by atoms with Crippen LogP contribution in [0.1, 0.15) is 5.69 Å². The van der Waals surface area contributed by atoms with Crippen LogP contribution in [0.3, 0.4) is 0 Å². The number of nitrogens with zero attached hydrogens (tertiary/aromatic N) is 2. The molecule has 2 nitrogen and oxygen atoms in total. The summed E-state index contributed by atoms with van der Waals surface area (Å²) in [4.78, 5) is 0. The van der Waals surface area contributed by atoms with Crippen LogP contribution in [0.15, 0.2) is 24.4 Å². The Balaban J connectivity index is 0.00000128. The molecule has 2 aromatic rings. The first-order valence-electron chi connectivity index (χ1n) is 4.18. The summed E-state index contributed by atoms with van der Waals surface area (Å²) in [5, 5.41) is 3.74. The van der Waals surface area contributed by atoms with Crippen molar-refractivity contribution in [1.29, 1.82) is 0 Å². The van der Waals surface area contributed by atoms with E-state index in [0.29, 0.717) is 0 Å². The minimum Gasteiger partial charge on any atom is -0.284 e. The minimum absolute atomic E-state index is 0. The molecule has 0 N–H and O–H groups in total. The summed E-state index contributed by atoms with van der Waals surface area (Å²) in [6, 6.07) is 5.52. The van der Waals surface area contributed by atoms with Crippen LogP contribution in [-0.2, 0) is 26.2 Å². The summed E-state index contributed by atoms with van der Waals surface area (Å²) in [5.74, 6) is -1.50. The number of halogens is 3. The van der Waals surface area contributed by atoms with E-state index in [4.69, 9.17) is 0 Å². The van der Waals surface area contributed by atoms with Crippen molar-refractivity contribution in [3.05, 3.63) is 47.8 Å². The van der Waals surface area contributed by atoms with Gasteiger partial charge in [-0.1, -0.05) is 0 Å². The van der Waals surface area contributed by atoms with E-state index in [0.717, 1.165) is 16.8 Å². The zero-order chi connectivity index (χ0) is 10.8. The summed E-state index contributed by atoms with van der Waals surface area (Å²) in [7, 11) is 0. The number of hydrogen-bond donors (Lipinski definition) is 0. The Morgan fingerprint density at radius 1 is 1.38 bits per heavy atom. The van der Waals surface area contributed by atoms with Crippen molar-refractivity contribution in [2.45, 2.75) is 6.67 Å². The number of benzene rings is 1. The Kier molecular flexibility index (Phi) is 4.24. The van der Waals surface area contributed by atoms with Crippen molar-refractivity contribution in [3.63, 3.8) is 0 Å². The van der Waals surface area contributed by atoms with Crippen molar-refractivity contribution in [1.82, 2.24) is 9.78 Å². The fourth-order valence-corrected chi connectivity index (χ4v) is 1.17. The molecule has 2 rings (SSSR count). The maximum absolute atomic E-state index is 13.2. The topological polar surface area (TPSA) is 17.8 Å². The number of alkyl halides is 1. The van der Waals surface area contributed by atoms with Crippen LogP contribution in [0.2, 0.25) is 0 Å². The van der Waals surface area contributed by atoms with Crippen LogP contribution < -0.4 is 0 Å². The molecule has 0 aliphatic rings. The van der Waals surface area contributed by atoms with Gasteiger partial charge >= 0.3 is 0 Å². The maximum Gasteiger partial charge on any atom is 0.133 e. The van der Waals surface area contributed by atoms with Gasteiger partial charge in [-0.05, 0) is 11.8 Å². The molecule has 6 heteroatoms. The van der Waals surface area contributed by atoms with Gasteiger partial charge in [-0.2, -0.15) is 11.2 Å². The molecule has 0 saturated heterocycles. The van der Waals surface area contributed by atoms with Crippen molar-refractivity contribution in [2.75, 3.05) is 0 Å². The summed E-state index contributed by atoms with van der Waals surface area (Å²) < 4.78 is 39.1. The molecule has 0 spiro atoms. The molecule has 0 aliphatic heterocycles. The molecule has 1 aromatic carbocycles. The van der Waals surface area contributed by atoms with Crippen LogP contribution in [0.4, 0.5) is 13.2 Å². The summed E-state index contributed by atoms with van der Waals surface area (Å²) in [6.07, 6.45) is 1.39. The maximum atomic E-state index is 13.2. The van der Waals surface area contributed by atoms with E-state index in [2.05, 4.69) is 11.2 Å². The van der Waals surface area contributed by atoms with Crippen LogP contribution in [0.25, 0.3) is 5.69 Å². The van der Waals surface area contributed by atoms with E-state index >= 15 is 0 Å². The van der Waals surface area contributed by atoms with Gasteiger partial charge in [-0.15, -0.1) is 12.1 Å². The SMILES string of the molecule is FCc1ccn(-c2[c-]cc(F)cc2F)n1.[Rh]. The van der Waals surface area contributed by atoms with Crippen LogP contribution >= 0.6 is 0 Å². The summed E-state index contributed by atoms with van der Waals surface area (Å²) in [6.45, 7) is -0.726. The van der Waals surface area contributed by atoms with E-state index in [9.17, 15) is 13.2 Å². The molecule has 0 amide bonds. The zero-order valence-corrected chi connectivity index (χ0v) is 9.52. The second-order valence-corrected chi connectivity index (χ2v) is 2.90. The first-order valence-corrected chi connectivity index (χ1v) is 4.18. The van der Waals surface area contributed by atoms with E-state index in [-0.39, 0.29) is 30.9 Å². The van der Waals surface area contributed by atoms with Gasteiger partial charge in [0.25, 0.3) is 0 Å². The van der Waals surface area contributed by atoms with E-state index in [1.54, 1.807) is 0 Å². The molecule has 0 bridgehead atoms. The third-order valence-corrected chi connectivity index (χ3v) is 1.85. The van der Waals surface area contributed by atoms with Crippen molar-refractivity contribution >= 4 is 0 Å². The van der Waals surface area contributed by atoms with E-state index in [1.807, 2.05) is 0 Å². The zero-order valence-electron chi connectivity index (χ0n) is 7.88. The van der Waals surface area contributed by atoms with Crippen LogP contribution in [0, 0.1) is 17.7 Å². The standard InChI is InChI=1S/C10H6F3N2.Rh/c11-6-8-3-4-15(14-8)10-2-1-7(12)5-9(10)13;/h1,3-5H,6H2;/q-1;. The Morgan fingerprint density at radius 3 is 2.69 bits per heavy atom. The third kappa shape index (κ3) is 2.50. The fraction of sp³-hybridized carbons (Fsp3) is 0.100. The van der Waals surface area contributed by atoms with Crippen molar-refractivity contribution in [2.24, 2.45) is 0 Å². The largest absolute Gasteiger partial charge is 0.284 e. The average Bonchev–Trinajstić information content (AvgIpc) is 2.66. The van der Waals surface area contributed by atoms with Gasteiger partial charge in [0.15, 0.2) is 0 Å². The van der Waals surface area contributed by atoms with Crippen molar-refractivity contribution < 1.29 is 32.6 Å². The second kappa shape index (κ2) is 5.26.